The second kappa shape index (κ2) is 5.73. The van der Waals surface area contributed by atoms with Gasteiger partial charge in [-0.3, -0.25) is 0 Å². The molecule has 1 aliphatic rings. The van der Waals surface area contributed by atoms with E-state index in [1.165, 1.54) is 30.7 Å². The van der Waals surface area contributed by atoms with Gasteiger partial charge in [-0.05, 0) is 19.4 Å². The molecule has 0 radical (unpaired) electrons. The average molecular weight is 239 g/mol. The Bertz CT molecular complexity index is 314. The third-order valence-corrected chi connectivity index (χ3v) is 4.53. The maximum Gasteiger partial charge on any atom is 0.134 e. The van der Waals surface area contributed by atoms with Crippen molar-refractivity contribution < 1.29 is 0 Å². The van der Waals surface area contributed by atoms with E-state index < -0.39 is 0 Å². The van der Waals surface area contributed by atoms with Gasteiger partial charge in [-0.2, -0.15) is 0 Å². The number of nitrogens with one attached hydrogen (secondary N) is 1. The molecule has 1 aromatic rings. The molecule has 1 aromatic heterocycles. The summed E-state index contributed by atoms with van der Waals surface area (Å²) in [7, 11) is 1.99. The zero-order chi connectivity index (χ0) is 11.4. The van der Waals surface area contributed by atoms with Crippen LogP contribution >= 0.6 is 11.3 Å². The lowest BCUT2D eigenvalue weighted by molar-refractivity contribution is 0.541. The molecule has 1 atom stereocenters. The van der Waals surface area contributed by atoms with Crippen LogP contribution in [0.3, 0.4) is 0 Å². The average Bonchev–Trinajstić information content (AvgIpc) is 2.93. The van der Waals surface area contributed by atoms with Crippen molar-refractivity contribution in [3.05, 3.63) is 10.0 Å². The highest BCUT2D eigenvalue weighted by molar-refractivity contribution is 7.11. The molecule has 0 amide bonds. The summed E-state index contributed by atoms with van der Waals surface area (Å²) in [5, 5.41) is 14.3. The van der Waals surface area contributed by atoms with Crippen LogP contribution in [-0.2, 0) is 6.42 Å². The standard InChI is InChI=1S/C12H21N3S/c1-3-10(13-2)12-15-14-11(16-12)8-9-6-4-5-7-9/h9-10,13H,3-8H2,1-2H3. The molecule has 0 aromatic carbocycles. The van der Waals surface area contributed by atoms with Crippen LogP contribution in [0, 0.1) is 5.92 Å². The van der Waals surface area contributed by atoms with E-state index in [4.69, 9.17) is 0 Å². The van der Waals surface area contributed by atoms with Gasteiger partial charge in [0, 0.05) is 6.42 Å². The monoisotopic (exact) mass is 239 g/mol. The van der Waals surface area contributed by atoms with Gasteiger partial charge in [-0.1, -0.05) is 43.9 Å². The Kier molecular flexibility index (Phi) is 4.29. The quantitative estimate of drug-likeness (QED) is 0.858. The third-order valence-electron chi connectivity index (χ3n) is 3.48. The molecule has 4 heteroatoms. The molecule has 0 spiro atoms. The Morgan fingerprint density at radius 1 is 1.38 bits per heavy atom. The largest absolute Gasteiger partial charge is 0.311 e. The second-order valence-electron chi connectivity index (χ2n) is 4.64. The summed E-state index contributed by atoms with van der Waals surface area (Å²) >= 11 is 1.79. The van der Waals surface area contributed by atoms with E-state index in [1.54, 1.807) is 11.3 Å². The second-order valence-corrected chi connectivity index (χ2v) is 5.73. The minimum absolute atomic E-state index is 0.384. The van der Waals surface area contributed by atoms with Crippen molar-refractivity contribution >= 4 is 11.3 Å². The number of rotatable bonds is 5. The highest BCUT2D eigenvalue weighted by atomic mass is 32.1. The Labute approximate surface area is 102 Å². The molecule has 16 heavy (non-hydrogen) atoms. The molecular formula is C12H21N3S. The lowest BCUT2D eigenvalue weighted by Gasteiger charge is -2.08. The summed E-state index contributed by atoms with van der Waals surface area (Å²) in [6.45, 7) is 2.18. The minimum atomic E-state index is 0.384. The predicted molar refractivity (Wildman–Crippen MR) is 67.7 cm³/mol. The summed E-state index contributed by atoms with van der Waals surface area (Å²) < 4.78 is 0. The summed E-state index contributed by atoms with van der Waals surface area (Å²) in [6.07, 6.45) is 7.82. The van der Waals surface area contributed by atoms with Crippen LogP contribution in [0.25, 0.3) is 0 Å². The first-order chi connectivity index (χ1) is 7.83. The summed E-state index contributed by atoms with van der Waals surface area (Å²) in [5.41, 5.74) is 0. The zero-order valence-corrected chi connectivity index (χ0v) is 11.0. The van der Waals surface area contributed by atoms with Gasteiger partial charge in [0.05, 0.1) is 6.04 Å². The summed E-state index contributed by atoms with van der Waals surface area (Å²) in [6, 6.07) is 0.384. The zero-order valence-electron chi connectivity index (χ0n) is 10.2. The molecule has 0 aliphatic heterocycles. The molecular weight excluding hydrogens is 218 g/mol. The number of nitrogens with zero attached hydrogens (tertiary/aromatic N) is 2. The Hall–Kier alpha value is -0.480. The molecule has 1 fully saturated rings. The van der Waals surface area contributed by atoms with Gasteiger partial charge in [0.1, 0.15) is 10.0 Å². The van der Waals surface area contributed by atoms with Crippen LogP contribution in [0.1, 0.15) is 55.1 Å². The number of hydrogen-bond acceptors (Lipinski definition) is 4. The lowest BCUT2D eigenvalue weighted by atomic mass is 10.1. The molecule has 0 saturated heterocycles. The van der Waals surface area contributed by atoms with Crippen molar-refractivity contribution in [1.29, 1.82) is 0 Å². The van der Waals surface area contributed by atoms with Gasteiger partial charge in [-0.25, -0.2) is 0 Å². The minimum Gasteiger partial charge on any atom is -0.311 e. The van der Waals surface area contributed by atoms with Gasteiger partial charge >= 0.3 is 0 Å². The van der Waals surface area contributed by atoms with Crippen LogP contribution < -0.4 is 5.32 Å². The van der Waals surface area contributed by atoms with Crippen LogP contribution in [0.2, 0.25) is 0 Å². The first-order valence-corrected chi connectivity index (χ1v) is 7.14. The van der Waals surface area contributed by atoms with Crippen molar-refractivity contribution in [3.8, 4) is 0 Å². The van der Waals surface area contributed by atoms with E-state index in [9.17, 15) is 0 Å². The fourth-order valence-electron chi connectivity index (χ4n) is 2.45. The van der Waals surface area contributed by atoms with E-state index in [0.29, 0.717) is 6.04 Å². The fourth-order valence-corrected chi connectivity index (χ4v) is 3.60. The molecule has 90 valence electrons. The maximum absolute atomic E-state index is 4.32. The first-order valence-electron chi connectivity index (χ1n) is 6.33. The van der Waals surface area contributed by atoms with Crippen LogP contribution in [0.5, 0.6) is 0 Å². The van der Waals surface area contributed by atoms with Crippen molar-refractivity contribution in [2.24, 2.45) is 5.92 Å². The van der Waals surface area contributed by atoms with Gasteiger partial charge in [0.15, 0.2) is 0 Å². The van der Waals surface area contributed by atoms with Crippen LogP contribution in [0.4, 0.5) is 0 Å². The Balaban J connectivity index is 1.95. The van der Waals surface area contributed by atoms with Crippen molar-refractivity contribution in [1.82, 2.24) is 15.5 Å². The molecule has 1 unspecified atom stereocenters. The number of hydrogen-bond donors (Lipinski definition) is 1. The normalized spacial score (nSPS) is 19.1. The SMILES string of the molecule is CCC(NC)c1nnc(CC2CCCC2)s1. The van der Waals surface area contributed by atoms with E-state index in [-0.39, 0.29) is 0 Å². The topological polar surface area (TPSA) is 37.8 Å². The Morgan fingerprint density at radius 2 is 2.12 bits per heavy atom. The molecule has 1 aliphatic carbocycles. The maximum atomic E-state index is 4.32. The highest BCUT2D eigenvalue weighted by Gasteiger charge is 2.19. The highest BCUT2D eigenvalue weighted by Crippen LogP contribution is 2.30. The molecule has 1 N–H and O–H groups in total. The molecule has 3 nitrogen and oxygen atoms in total. The molecule has 2 rings (SSSR count). The molecule has 1 saturated carbocycles. The predicted octanol–water partition coefficient (Wildman–Crippen LogP) is 2.94. The third kappa shape index (κ3) is 2.80. The fraction of sp³-hybridized carbons (Fsp3) is 0.833. The van der Waals surface area contributed by atoms with Crippen molar-refractivity contribution in [2.45, 2.75) is 51.5 Å². The van der Waals surface area contributed by atoms with Gasteiger partial charge < -0.3 is 5.32 Å². The van der Waals surface area contributed by atoms with Gasteiger partial charge in [0.2, 0.25) is 0 Å². The number of aromatic nitrogens is 2. The molecule has 1 heterocycles. The van der Waals surface area contributed by atoms with Crippen molar-refractivity contribution in [3.63, 3.8) is 0 Å². The first kappa shape index (κ1) is 12.0. The van der Waals surface area contributed by atoms with Gasteiger partial charge in [0.25, 0.3) is 0 Å². The summed E-state index contributed by atoms with van der Waals surface area (Å²) in [5.74, 6) is 0.871. The van der Waals surface area contributed by atoms with Crippen LogP contribution in [0.15, 0.2) is 0 Å². The Morgan fingerprint density at radius 3 is 2.75 bits per heavy atom. The van der Waals surface area contributed by atoms with E-state index in [0.717, 1.165) is 23.8 Å². The van der Waals surface area contributed by atoms with Crippen LogP contribution in [-0.4, -0.2) is 17.2 Å². The van der Waals surface area contributed by atoms with Crippen molar-refractivity contribution in [2.75, 3.05) is 7.05 Å². The summed E-state index contributed by atoms with van der Waals surface area (Å²) in [4.78, 5) is 0. The van der Waals surface area contributed by atoms with E-state index in [1.807, 2.05) is 7.05 Å². The molecule has 0 bridgehead atoms. The van der Waals surface area contributed by atoms with Gasteiger partial charge in [-0.15, -0.1) is 10.2 Å². The van der Waals surface area contributed by atoms with E-state index in [2.05, 4.69) is 22.4 Å². The smallest absolute Gasteiger partial charge is 0.134 e. The van der Waals surface area contributed by atoms with E-state index >= 15 is 0 Å². The lowest BCUT2D eigenvalue weighted by Crippen LogP contribution is -2.14.